The Balaban J connectivity index is 1.95. The van der Waals surface area contributed by atoms with Crippen LogP contribution in [0.4, 0.5) is 5.69 Å². The van der Waals surface area contributed by atoms with Crippen molar-refractivity contribution in [3.8, 4) is 11.5 Å². The molecule has 0 bridgehead atoms. The molecule has 0 atom stereocenters. The Morgan fingerprint density at radius 1 is 1.04 bits per heavy atom. The van der Waals surface area contributed by atoms with Gasteiger partial charge in [0.1, 0.15) is 0 Å². The Bertz CT molecular complexity index is 640. The SMILES string of the molecule is COc1cc(C(=O)NCCNC2CCCCCC2)cc(NC(C)=O)c1OC. The largest absolute Gasteiger partial charge is 0.493 e. The molecule has 2 amide bonds. The topological polar surface area (TPSA) is 88.7 Å². The van der Waals surface area contributed by atoms with E-state index in [-0.39, 0.29) is 11.8 Å². The number of rotatable bonds is 8. The maximum absolute atomic E-state index is 12.5. The number of methoxy groups -OCH3 is 2. The Morgan fingerprint density at radius 3 is 2.33 bits per heavy atom. The number of ether oxygens (including phenoxy) is 2. The van der Waals surface area contributed by atoms with Gasteiger partial charge in [0, 0.05) is 31.6 Å². The molecule has 1 aliphatic rings. The number of carbonyl (C=O) groups is 2. The number of hydrogen-bond acceptors (Lipinski definition) is 5. The lowest BCUT2D eigenvalue weighted by molar-refractivity contribution is -0.114. The van der Waals surface area contributed by atoms with E-state index in [9.17, 15) is 9.59 Å². The molecule has 1 fully saturated rings. The highest BCUT2D eigenvalue weighted by molar-refractivity contribution is 5.99. The maximum atomic E-state index is 12.5. The Hall–Kier alpha value is -2.28. The van der Waals surface area contributed by atoms with Crippen molar-refractivity contribution in [2.24, 2.45) is 0 Å². The van der Waals surface area contributed by atoms with Gasteiger partial charge < -0.3 is 25.4 Å². The van der Waals surface area contributed by atoms with Gasteiger partial charge in [-0.05, 0) is 25.0 Å². The van der Waals surface area contributed by atoms with Crippen LogP contribution >= 0.6 is 0 Å². The lowest BCUT2D eigenvalue weighted by Gasteiger charge is -2.17. The summed E-state index contributed by atoms with van der Waals surface area (Å²) >= 11 is 0. The molecule has 0 aliphatic heterocycles. The van der Waals surface area contributed by atoms with Gasteiger partial charge in [0.15, 0.2) is 11.5 Å². The van der Waals surface area contributed by atoms with E-state index in [0.29, 0.717) is 35.3 Å². The van der Waals surface area contributed by atoms with Gasteiger partial charge in [0.2, 0.25) is 5.91 Å². The monoisotopic (exact) mass is 377 g/mol. The summed E-state index contributed by atoms with van der Waals surface area (Å²) in [5.74, 6) is 0.315. The summed E-state index contributed by atoms with van der Waals surface area (Å²) in [5, 5.41) is 9.12. The van der Waals surface area contributed by atoms with Gasteiger partial charge in [-0.25, -0.2) is 0 Å². The molecule has 1 aliphatic carbocycles. The first-order chi connectivity index (χ1) is 13.0. The second-order valence-electron chi connectivity index (χ2n) is 6.84. The molecule has 27 heavy (non-hydrogen) atoms. The third-order valence-electron chi connectivity index (χ3n) is 4.75. The quantitative estimate of drug-likeness (QED) is 0.479. The van der Waals surface area contributed by atoms with Crippen LogP contribution in [0.2, 0.25) is 0 Å². The third-order valence-corrected chi connectivity index (χ3v) is 4.75. The van der Waals surface area contributed by atoms with Crippen molar-refractivity contribution >= 4 is 17.5 Å². The number of hydrogen-bond donors (Lipinski definition) is 3. The van der Waals surface area contributed by atoms with E-state index in [0.717, 1.165) is 6.54 Å². The van der Waals surface area contributed by atoms with Crippen LogP contribution in [0.15, 0.2) is 12.1 Å². The molecule has 0 spiro atoms. The van der Waals surface area contributed by atoms with E-state index >= 15 is 0 Å². The fourth-order valence-electron chi connectivity index (χ4n) is 3.42. The van der Waals surface area contributed by atoms with Crippen LogP contribution in [0.25, 0.3) is 0 Å². The van der Waals surface area contributed by atoms with Gasteiger partial charge in [0.05, 0.1) is 19.9 Å². The highest BCUT2D eigenvalue weighted by Gasteiger charge is 2.17. The minimum Gasteiger partial charge on any atom is -0.493 e. The maximum Gasteiger partial charge on any atom is 0.251 e. The fraction of sp³-hybridized carbons (Fsp3) is 0.600. The van der Waals surface area contributed by atoms with Gasteiger partial charge in [0.25, 0.3) is 5.91 Å². The number of carbonyl (C=O) groups excluding carboxylic acids is 2. The number of benzene rings is 1. The molecule has 7 heteroatoms. The molecule has 0 unspecified atom stereocenters. The van der Waals surface area contributed by atoms with Crippen LogP contribution in [0.3, 0.4) is 0 Å². The van der Waals surface area contributed by atoms with Crippen molar-refractivity contribution in [2.45, 2.75) is 51.5 Å². The van der Waals surface area contributed by atoms with E-state index < -0.39 is 0 Å². The predicted molar refractivity (Wildman–Crippen MR) is 106 cm³/mol. The van der Waals surface area contributed by atoms with Crippen molar-refractivity contribution in [1.29, 1.82) is 0 Å². The summed E-state index contributed by atoms with van der Waals surface area (Å²) in [4.78, 5) is 23.9. The zero-order valence-electron chi connectivity index (χ0n) is 16.5. The van der Waals surface area contributed by atoms with E-state index in [1.165, 1.54) is 59.7 Å². The lowest BCUT2D eigenvalue weighted by Crippen LogP contribution is -2.36. The molecule has 7 nitrogen and oxygen atoms in total. The molecule has 1 aromatic carbocycles. The van der Waals surface area contributed by atoms with Crippen molar-refractivity contribution < 1.29 is 19.1 Å². The highest BCUT2D eigenvalue weighted by Crippen LogP contribution is 2.36. The van der Waals surface area contributed by atoms with Crippen LogP contribution in [0.1, 0.15) is 55.8 Å². The van der Waals surface area contributed by atoms with Crippen molar-refractivity contribution in [3.05, 3.63) is 17.7 Å². The molecule has 2 rings (SSSR count). The van der Waals surface area contributed by atoms with Crippen LogP contribution in [0.5, 0.6) is 11.5 Å². The Morgan fingerprint density at radius 2 is 1.74 bits per heavy atom. The normalized spacial score (nSPS) is 14.9. The van der Waals surface area contributed by atoms with Crippen molar-refractivity contribution in [2.75, 3.05) is 32.6 Å². The molecule has 0 saturated heterocycles. The van der Waals surface area contributed by atoms with Gasteiger partial charge in [-0.15, -0.1) is 0 Å². The van der Waals surface area contributed by atoms with Crippen LogP contribution in [-0.2, 0) is 4.79 Å². The average Bonchev–Trinajstić information content (AvgIpc) is 2.92. The first-order valence-corrected chi connectivity index (χ1v) is 9.60. The van der Waals surface area contributed by atoms with Gasteiger partial charge in [-0.2, -0.15) is 0 Å². The number of nitrogens with one attached hydrogen (secondary N) is 3. The zero-order valence-corrected chi connectivity index (χ0v) is 16.5. The highest BCUT2D eigenvalue weighted by atomic mass is 16.5. The molecule has 0 radical (unpaired) electrons. The minimum atomic E-state index is -0.250. The van der Waals surface area contributed by atoms with Crippen molar-refractivity contribution in [3.63, 3.8) is 0 Å². The molecule has 1 saturated carbocycles. The van der Waals surface area contributed by atoms with E-state index in [1.54, 1.807) is 12.1 Å². The molecular weight excluding hydrogens is 346 g/mol. The van der Waals surface area contributed by atoms with E-state index in [1.807, 2.05) is 0 Å². The fourth-order valence-corrected chi connectivity index (χ4v) is 3.42. The molecule has 0 heterocycles. The second kappa shape index (κ2) is 10.8. The number of amides is 2. The first kappa shape index (κ1) is 21.0. The van der Waals surface area contributed by atoms with Crippen LogP contribution < -0.4 is 25.4 Å². The summed E-state index contributed by atoms with van der Waals surface area (Å²) in [6.07, 6.45) is 7.63. The van der Waals surface area contributed by atoms with Gasteiger partial charge in [-0.3, -0.25) is 9.59 Å². The summed E-state index contributed by atoms with van der Waals surface area (Å²) in [6, 6.07) is 3.76. The third kappa shape index (κ3) is 6.43. The average molecular weight is 377 g/mol. The number of anilines is 1. The zero-order chi connectivity index (χ0) is 19.6. The van der Waals surface area contributed by atoms with E-state index in [4.69, 9.17) is 9.47 Å². The molecule has 1 aromatic rings. The summed E-state index contributed by atoms with van der Waals surface area (Å²) < 4.78 is 10.6. The summed E-state index contributed by atoms with van der Waals surface area (Å²) in [5.41, 5.74) is 0.817. The standard InChI is InChI=1S/C20H31N3O4/c1-14(24)23-17-12-15(13-18(26-2)19(17)27-3)20(25)22-11-10-21-16-8-6-4-5-7-9-16/h12-13,16,21H,4-11H2,1-3H3,(H,22,25)(H,23,24). The molecule has 0 aromatic heterocycles. The summed E-state index contributed by atoms with van der Waals surface area (Å²) in [7, 11) is 2.98. The Kier molecular flexibility index (Phi) is 8.39. The molecule has 3 N–H and O–H groups in total. The van der Waals surface area contributed by atoms with Crippen molar-refractivity contribution in [1.82, 2.24) is 10.6 Å². The Labute approximate surface area is 161 Å². The lowest BCUT2D eigenvalue weighted by atomic mass is 10.1. The smallest absolute Gasteiger partial charge is 0.251 e. The molecule has 150 valence electrons. The molecular formula is C20H31N3O4. The van der Waals surface area contributed by atoms with E-state index in [2.05, 4.69) is 16.0 Å². The second-order valence-corrected chi connectivity index (χ2v) is 6.84. The summed E-state index contributed by atoms with van der Waals surface area (Å²) in [6.45, 7) is 2.68. The van der Waals surface area contributed by atoms with Gasteiger partial charge in [-0.1, -0.05) is 25.7 Å². The van der Waals surface area contributed by atoms with Gasteiger partial charge >= 0.3 is 0 Å². The minimum absolute atomic E-state index is 0.217. The predicted octanol–water partition coefficient (Wildman–Crippen LogP) is 2.70. The van der Waals surface area contributed by atoms with Crippen LogP contribution in [-0.4, -0.2) is 45.2 Å². The first-order valence-electron chi connectivity index (χ1n) is 9.60. The van der Waals surface area contributed by atoms with Crippen LogP contribution in [0, 0.1) is 0 Å².